The summed E-state index contributed by atoms with van der Waals surface area (Å²) in [6.07, 6.45) is -4.47. The highest BCUT2D eigenvalue weighted by atomic mass is 32.2. The Labute approximate surface area is 369 Å². The second kappa shape index (κ2) is 21.1. The summed E-state index contributed by atoms with van der Waals surface area (Å²) < 4.78 is 14.6. The quantitative estimate of drug-likeness (QED) is 0.128. The Hall–Kier alpha value is -6.04. The van der Waals surface area contributed by atoms with Gasteiger partial charge in [0.1, 0.15) is 22.5 Å². The number of benzene rings is 1. The van der Waals surface area contributed by atoms with Gasteiger partial charge in [-0.2, -0.15) is 0 Å². The van der Waals surface area contributed by atoms with Crippen molar-refractivity contribution in [1.82, 2.24) is 36.5 Å². The van der Waals surface area contributed by atoms with Crippen LogP contribution >= 0.6 is 0 Å². The highest BCUT2D eigenvalue weighted by Gasteiger charge is 2.42. The summed E-state index contributed by atoms with van der Waals surface area (Å²) in [6, 6.07) is -0.570. The van der Waals surface area contributed by atoms with Crippen LogP contribution in [-0.2, 0) is 60.4 Å². The number of aliphatic hydroxyl groups is 3. The van der Waals surface area contributed by atoms with Gasteiger partial charge in [0.25, 0.3) is 5.91 Å². The molecule has 4 heterocycles. The van der Waals surface area contributed by atoms with Crippen molar-refractivity contribution in [3.63, 3.8) is 0 Å². The number of primary amides is 1. The van der Waals surface area contributed by atoms with Crippen LogP contribution < -0.4 is 32.3 Å². The average Bonchev–Trinajstić information content (AvgIpc) is 3.82. The van der Waals surface area contributed by atoms with E-state index in [0.29, 0.717) is 11.8 Å². The number of aromatic hydroxyl groups is 1. The highest BCUT2D eigenvalue weighted by Crippen LogP contribution is 2.32. The Kier molecular flexibility index (Phi) is 16.1. The van der Waals surface area contributed by atoms with E-state index in [1.165, 1.54) is 25.1 Å². The van der Waals surface area contributed by atoms with Crippen LogP contribution in [0, 0.1) is 23.7 Å². The van der Waals surface area contributed by atoms with Crippen LogP contribution in [0.2, 0.25) is 0 Å². The number of nitrogens with one attached hydrogen (secondary N) is 6. The number of carbonyl (C=O) groups is 9. The number of fused-ring (bicyclic) bond motifs is 5. The maximum absolute atomic E-state index is 14.6. The molecule has 348 valence electrons. The predicted octanol–water partition coefficient (Wildman–Crippen LogP) is -3.61. The molecule has 12 N–H and O–H groups in total. The molecule has 2 unspecified atom stereocenters. The van der Waals surface area contributed by atoms with Gasteiger partial charge in [-0.3, -0.25) is 47.4 Å². The van der Waals surface area contributed by atoms with Crippen molar-refractivity contribution < 1.29 is 67.8 Å². The summed E-state index contributed by atoms with van der Waals surface area (Å²) in [5.74, 6) is -14.3. The maximum atomic E-state index is 14.6. The van der Waals surface area contributed by atoms with Gasteiger partial charge in [0, 0.05) is 42.6 Å². The zero-order chi connectivity index (χ0) is 47.2. The first-order valence-corrected chi connectivity index (χ1v) is 22.0. The number of H-pyrrole nitrogens is 1. The lowest BCUT2D eigenvalue weighted by Crippen LogP contribution is -2.55. The van der Waals surface area contributed by atoms with E-state index in [4.69, 9.17) is 5.73 Å². The van der Waals surface area contributed by atoms with E-state index in [1.54, 1.807) is 13.8 Å². The van der Waals surface area contributed by atoms with Crippen molar-refractivity contribution in [3.8, 4) is 5.75 Å². The van der Waals surface area contributed by atoms with Crippen LogP contribution in [0.1, 0.15) is 52.0 Å². The number of carbonyl (C=O) groups excluding carboxylic acids is 9. The fourth-order valence-electron chi connectivity index (χ4n) is 7.92. The van der Waals surface area contributed by atoms with Crippen molar-refractivity contribution >= 4 is 74.6 Å². The number of Topliss-reactive ketones (excluding diaryl/α,β-unsaturated/α-hetero) is 2. The Morgan fingerprint density at radius 1 is 0.922 bits per heavy atom. The molecule has 0 saturated carbocycles. The molecule has 64 heavy (non-hydrogen) atoms. The van der Waals surface area contributed by atoms with E-state index in [9.17, 15) is 67.8 Å². The molecule has 3 aliphatic heterocycles. The molecule has 7 amide bonds. The zero-order valence-electron chi connectivity index (χ0n) is 35.4. The number of ketones is 2. The van der Waals surface area contributed by atoms with Crippen molar-refractivity contribution in [2.75, 3.05) is 32.0 Å². The van der Waals surface area contributed by atoms with E-state index in [-0.39, 0.29) is 21.9 Å². The third-order valence-electron chi connectivity index (χ3n) is 11.8. The zero-order valence-corrected chi connectivity index (χ0v) is 36.2. The number of aromatic amines is 1. The molecule has 2 aromatic rings. The second-order valence-corrected chi connectivity index (χ2v) is 17.8. The summed E-state index contributed by atoms with van der Waals surface area (Å²) in [4.78, 5) is 128. The lowest BCUT2D eigenvalue weighted by atomic mass is 9.85. The van der Waals surface area contributed by atoms with Crippen molar-refractivity contribution in [3.05, 3.63) is 35.5 Å². The molecule has 0 aliphatic carbocycles. The third kappa shape index (κ3) is 11.6. The first-order valence-electron chi connectivity index (χ1n) is 20.7. The Balaban J connectivity index is 1.74. The van der Waals surface area contributed by atoms with E-state index in [1.807, 2.05) is 0 Å². The maximum Gasteiger partial charge on any atom is 0.268 e. The molecule has 0 spiro atoms. The van der Waals surface area contributed by atoms with Crippen LogP contribution in [-0.4, -0.2) is 150 Å². The average molecular weight is 915 g/mol. The van der Waals surface area contributed by atoms with Gasteiger partial charge < -0.3 is 62.6 Å². The molecule has 23 heteroatoms. The van der Waals surface area contributed by atoms with Crippen molar-refractivity contribution in [2.45, 2.75) is 88.2 Å². The minimum Gasteiger partial charge on any atom is -0.508 e. The minimum atomic E-state index is -2.32. The van der Waals surface area contributed by atoms with E-state index in [0.717, 1.165) is 11.0 Å². The normalized spacial score (nSPS) is 27.5. The summed E-state index contributed by atoms with van der Waals surface area (Å²) in [7, 11) is -2.32. The molecule has 0 fully saturated rings. The van der Waals surface area contributed by atoms with Crippen LogP contribution in [0.25, 0.3) is 10.9 Å². The number of nitrogens with two attached hydrogens (primary N) is 1. The minimum absolute atomic E-state index is 0.109. The van der Waals surface area contributed by atoms with Gasteiger partial charge in [0.15, 0.2) is 11.6 Å². The van der Waals surface area contributed by atoms with Gasteiger partial charge in [-0.05, 0) is 36.1 Å². The number of nitrogens with zero attached hydrogens (tertiary/aromatic N) is 1. The molecule has 1 aromatic carbocycles. The first-order chi connectivity index (χ1) is 30.2. The molecule has 1 aromatic heterocycles. The standard InChI is InChI=1S/C41H54N8O14S/c1-4-18(2)35-39(61)44-13-33(57)45-27-17-64(63)40-25(24-6-5-22(51)11-26(24)46-40)7-20(37(59)43-14-34(58)47-35)8-30(54)36(19(3)31(55)16-50)48-38(60)28-12-23(52)15-49(28)41(62)21(9-29(27)53)10-32(42)56/h5-6,11-12,18-21,23,27,31,35-36,46,50-52,55H,4,7-10,13-17H2,1-3H3,(H2,42,56)(H,43,59)(H,44,61)(H,45,57)(H,47,58)(H,48,60)/t18-,19-,20-,21-,23+,27?,31-,35-,36-,64?/m0/s1. The number of phenolic OH excluding ortho intramolecular Hbond substituents is 1. The van der Waals surface area contributed by atoms with E-state index >= 15 is 0 Å². The first kappa shape index (κ1) is 49.0. The van der Waals surface area contributed by atoms with Gasteiger partial charge in [-0.15, -0.1) is 0 Å². The predicted molar refractivity (Wildman–Crippen MR) is 224 cm³/mol. The fraction of sp³-hybridized carbons (Fsp3) is 0.537. The van der Waals surface area contributed by atoms with Crippen LogP contribution in [0.3, 0.4) is 0 Å². The van der Waals surface area contributed by atoms with Gasteiger partial charge >= 0.3 is 0 Å². The summed E-state index contributed by atoms with van der Waals surface area (Å²) in [5, 5.41) is 54.2. The monoisotopic (exact) mass is 914 g/mol. The van der Waals surface area contributed by atoms with Gasteiger partial charge in [-0.1, -0.05) is 27.2 Å². The summed E-state index contributed by atoms with van der Waals surface area (Å²) in [5.41, 5.74) is 5.36. The number of amides is 7. The number of hydrogen-bond acceptors (Lipinski definition) is 14. The third-order valence-corrected chi connectivity index (χ3v) is 13.2. The molecule has 0 saturated heterocycles. The molecule has 5 rings (SSSR count). The smallest absolute Gasteiger partial charge is 0.268 e. The van der Waals surface area contributed by atoms with Crippen molar-refractivity contribution in [2.24, 2.45) is 29.4 Å². The van der Waals surface area contributed by atoms with E-state index < -0.39 is 181 Å². The van der Waals surface area contributed by atoms with E-state index in [2.05, 4.69) is 31.6 Å². The fourth-order valence-corrected chi connectivity index (χ4v) is 9.35. The van der Waals surface area contributed by atoms with Crippen LogP contribution in [0.15, 0.2) is 35.0 Å². The highest BCUT2D eigenvalue weighted by molar-refractivity contribution is 7.85. The molecular weight excluding hydrogens is 861 g/mol. The number of aliphatic hydroxyl groups excluding tert-OH is 3. The SMILES string of the molecule is CC[C@H](C)[C@@H]1NC(=O)CNC(=O)[C@@H]2CC(=O)[C@H]([C@@H](C)[C@@H](O)CO)NC(=O)C3=C[C@@H](O)CN3C(=O)[C@H](CC(N)=O)CC(=O)C(CS(=O)c3[nH]c4cc(O)ccc4c3C2)NC(=O)CNC1=O. The van der Waals surface area contributed by atoms with Gasteiger partial charge in [0.2, 0.25) is 35.4 Å². The Morgan fingerprint density at radius 2 is 1.59 bits per heavy atom. The molecule has 3 aliphatic rings. The van der Waals surface area contributed by atoms with Crippen LogP contribution in [0.5, 0.6) is 5.75 Å². The van der Waals surface area contributed by atoms with Crippen LogP contribution in [0.4, 0.5) is 0 Å². The lowest BCUT2D eigenvalue weighted by Gasteiger charge is -2.30. The molecule has 2 bridgehead atoms. The number of hydrogen-bond donors (Lipinski definition) is 11. The molecule has 22 nitrogen and oxygen atoms in total. The van der Waals surface area contributed by atoms with Crippen molar-refractivity contribution in [1.29, 1.82) is 0 Å². The molecular formula is C41H54N8O14S. The number of rotatable bonds is 7. The summed E-state index contributed by atoms with van der Waals surface area (Å²) >= 11 is 0. The Bertz CT molecular complexity index is 2260. The summed E-state index contributed by atoms with van der Waals surface area (Å²) in [6.45, 7) is 1.87. The molecule has 10 atom stereocenters. The second-order valence-electron chi connectivity index (χ2n) is 16.4. The number of aromatic nitrogens is 1. The lowest BCUT2D eigenvalue weighted by molar-refractivity contribution is -0.140. The van der Waals surface area contributed by atoms with Gasteiger partial charge in [-0.25, -0.2) is 0 Å². The largest absolute Gasteiger partial charge is 0.508 e. The molecule has 0 radical (unpaired) electrons. The number of phenols is 1. The Morgan fingerprint density at radius 3 is 2.25 bits per heavy atom. The topological polar surface area (TPSA) is 357 Å². The van der Waals surface area contributed by atoms with Gasteiger partial charge in [0.05, 0.1) is 78.5 Å².